The van der Waals surface area contributed by atoms with Gasteiger partial charge in [0.1, 0.15) is 5.01 Å². The van der Waals surface area contributed by atoms with Gasteiger partial charge in [-0.1, -0.05) is 65.8 Å². The van der Waals surface area contributed by atoms with Crippen LogP contribution in [0.25, 0.3) is 16.9 Å². The number of nitriles is 1. The number of aryl methyl sites for hydroxylation is 1. The van der Waals surface area contributed by atoms with E-state index < -0.39 is 5.92 Å². The molecule has 0 saturated heterocycles. The van der Waals surface area contributed by atoms with Gasteiger partial charge in [-0.2, -0.15) is 5.26 Å². The van der Waals surface area contributed by atoms with Crippen molar-refractivity contribution in [1.29, 1.82) is 5.26 Å². The van der Waals surface area contributed by atoms with Crippen LogP contribution < -0.4 is 0 Å². The zero-order valence-electron chi connectivity index (χ0n) is 16.5. The Morgan fingerprint density at radius 1 is 1.23 bits per heavy atom. The zero-order valence-corrected chi connectivity index (χ0v) is 18.9. The summed E-state index contributed by atoms with van der Waals surface area (Å²) in [4.78, 5) is 21.7. The Morgan fingerprint density at radius 2 is 1.97 bits per heavy atom. The number of rotatable bonds is 7. The number of hydrogen-bond donors (Lipinski definition) is 0. The van der Waals surface area contributed by atoms with Crippen LogP contribution >= 0.6 is 34.7 Å². The van der Waals surface area contributed by atoms with Gasteiger partial charge in [-0.15, -0.1) is 11.3 Å². The van der Waals surface area contributed by atoms with E-state index in [1.807, 2.05) is 71.5 Å². The first kappa shape index (κ1) is 21.3. The smallest absolute Gasteiger partial charge is 0.173 e. The molecule has 8 heteroatoms. The minimum Gasteiger partial charge on any atom is -0.297 e. The normalized spacial score (nSPS) is 11.8. The number of nitrogens with zero attached hydrogens (tertiary/aromatic N) is 4. The minimum atomic E-state index is -0.872. The summed E-state index contributed by atoms with van der Waals surface area (Å²) >= 11 is 9.11. The molecule has 31 heavy (non-hydrogen) atoms. The molecule has 0 spiro atoms. The third-order valence-electron chi connectivity index (χ3n) is 4.57. The average molecular weight is 465 g/mol. The fraction of sp³-hybridized carbons (Fsp3) is 0.130. The van der Waals surface area contributed by atoms with Gasteiger partial charge in [0.15, 0.2) is 16.9 Å². The molecule has 0 aliphatic carbocycles. The lowest BCUT2D eigenvalue weighted by Gasteiger charge is -2.13. The Hall–Kier alpha value is -2.92. The molecule has 0 amide bonds. The van der Waals surface area contributed by atoms with Crippen molar-refractivity contribution in [2.45, 2.75) is 18.0 Å². The second-order valence-corrected chi connectivity index (χ2v) is 8.96. The number of thioether (sulfide) groups is 1. The van der Waals surface area contributed by atoms with Crippen LogP contribution in [-0.4, -0.2) is 26.1 Å². The zero-order chi connectivity index (χ0) is 21.8. The highest BCUT2D eigenvalue weighted by atomic mass is 35.5. The quantitative estimate of drug-likeness (QED) is 0.317. The maximum Gasteiger partial charge on any atom is 0.173 e. The maximum absolute atomic E-state index is 12.8. The van der Waals surface area contributed by atoms with Crippen molar-refractivity contribution in [3.63, 3.8) is 0 Å². The van der Waals surface area contributed by atoms with Crippen molar-refractivity contribution < 1.29 is 4.79 Å². The van der Waals surface area contributed by atoms with E-state index in [1.54, 1.807) is 6.20 Å². The monoisotopic (exact) mass is 464 g/mol. The molecule has 2 aromatic heterocycles. The van der Waals surface area contributed by atoms with E-state index in [-0.39, 0.29) is 11.5 Å². The Balaban J connectivity index is 1.66. The second kappa shape index (κ2) is 9.48. The van der Waals surface area contributed by atoms with Gasteiger partial charge in [0, 0.05) is 16.6 Å². The number of aromatic nitrogens is 3. The van der Waals surface area contributed by atoms with E-state index in [2.05, 4.69) is 16.0 Å². The highest BCUT2D eigenvalue weighted by Crippen LogP contribution is 2.33. The van der Waals surface area contributed by atoms with Gasteiger partial charge in [0.25, 0.3) is 0 Å². The van der Waals surface area contributed by atoms with Crippen LogP contribution in [0.2, 0.25) is 5.02 Å². The molecular weight excluding hydrogens is 448 g/mol. The van der Waals surface area contributed by atoms with Crippen LogP contribution in [0.1, 0.15) is 16.6 Å². The van der Waals surface area contributed by atoms with Gasteiger partial charge in [-0.25, -0.2) is 9.97 Å². The number of benzene rings is 2. The molecule has 2 aromatic carbocycles. The molecule has 1 unspecified atom stereocenters. The molecule has 0 radical (unpaired) electrons. The second-order valence-electron chi connectivity index (χ2n) is 6.72. The van der Waals surface area contributed by atoms with Crippen molar-refractivity contribution in [2.75, 3.05) is 5.75 Å². The summed E-state index contributed by atoms with van der Waals surface area (Å²) < 4.78 is 1.95. The molecule has 0 saturated carbocycles. The average Bonchev–Trinajstić information content (AvgIpc) is 3.40. The summed E-state index contributed by atoms with van der Waals surface area (Å²) in [5.74, 6) is -0.965. The number of thiazole rings is 1. The maximum atomic E-state index is 12.8. The van der Waals surface area contributed by atoms with Crippen molar-refractivity contribution in [1.82, 2.24) is 14.5 Å². The van der Waals surface area contributed by atoms with E-state index in [1.165, 1.54) is 23.1 Å². The summed E-state index contributed by atoms with van der Waals surface area (Å²) in [6, 6.07) is 19.5. The number of hydrogen-bond acceptors (Lipinski definition) is 6. The SMILES string of the molecule is Cc1csc(C(C#N)C(=O)CSc2ncc(-c3ccccc3)n2-c2ccccc2Cl)n1. The lowest BCUT2D eigenvalue weighted by Crippen LogP contribution is -2.13. The van der Waals surface area contributed by atoms with Gasteiger partial charge >= 0.3 is 0 Å². The van der Waals surface area contributed by atoms with Crippen LogP contribution in [0.15, 0.2) is 71.3 Å². The van der Waals surface area contributed by atoms with E-state index in [9.17, 15) is 10.1 Å². The topological polar surface area (TPSA) is 71.6 Å². The number of imidazole rings is 1. The number of ketones is 1. The molecule has 2 heterocycles. The standard InChI is InChI=1S/C23H17ClN4OS2/c1-15-13-30-22(27-15)17(11-25)21(29)14-31-23-26-12-20(16-7-3-2-4-8-16)28(23)19-10-6-5-9-18(19)24/h2-10,12-13,17H,14H2,1H3. The molecule has 4 rings (SSSR count). The van der Waals surface area contributed by atoms with Crippen molar-refractivity contribution >= 4 is 40.5 Å². The van der Waals surface area contributed by atoms with Gasteiger partial charge < -0.3 is 0 Å². The van der Waals surface area contributed by atoms with E-state index in [4.69, 9.17) is 11.6 Å². The molecule has 0 bridgehead atoms. The lowest BCUT2D eigenvalue weighted by atomic mass is 10.1. The highest BCUT2D eigenvalue weighted by Gasteiger charge is 2.25. The van der Waals surface area contributed by atoms with E-state index in [0.29, 0.717) is 15.2 Å². The molecular formula is C23H17ClN4OS2. The highest BCUT2D eigenvalue weighted by molar-refractivity contribution is 7.99. The third kappa shape index (κ3) is 4.57. The predicted octanol–water partition coefficient (Wildman–Crippen LogP) is 5.93. The van der Waals surface area contributed by atoms with Crippen LogP contribution in [0.5, 0.6) is 0 Å². The number of Topliss-reactive ketones (excluding diaryl/α,β-unsaturated/α-hetero) is 1. The summed E-state index contributed by atoms with van der Waals surface area (Å²) in [6.07, 6.45) is 1.78. The molecule has 4 aromatic rings. The summed E-state index contributed by atoms with van der Waals surface area (Å²) in [5, 5.41) is 13.1. The Morgan fingerprint density at radius 3 is 2.65 bits per heavy atom. The van der Waals surface area contributed by atoms with Crippen LogP contribution in [0, 0.1) is 18.3 Å². The van der Waals surface area contributed by atoms with Gasteiger partial charge in [0.2, 0.25) is 0 Å². The van der Waals surface area contributed by atoms with Crippen molar-refractivity contribution in [2.24, 2.45) is 0 Å². The van der Waals surface area contributed by atoms with Gasteiger partial charge in [0.05, 0.1) is 34.4 Å². The van der Waals surface area contributed by atoms with Crippen LogP contribution in [0.3, 0.4) is 0 Å². The fourth-order valence-corrected chi connectivity index (χ4v) is 5.08. The van der Waals surface area contributed by atoms with E-state index in [0.717, 1.165) is 22.6 Å². The van der Waals surface area contributed by atoms with Crippen molar-refractivity contribution in [3.8, 4) is 23.0 Å². The molecule has 0 fully saturated rings. The molecule has 0 aliphatic heterocycles. The first-order valence-electron chi connectivity index (χ1n) is 9.43. The van der Waals surface area contributed by atoms with Gasteiger partial charge in [-0.05, 0) is 19.1 Å². The summed E-state index contributed by atoms with van der Waals surface area (Å²) in [6.45, 7) is 1.85. The molecule has 0 N–H and O–H groups in total. The molecule has 1 atom stereocenters. The predicted molar refractivity (Wildman–Crippen MR) is 125 cm³/mol. The largest absolute Gasteiger partial charge is 0.297 e. The molecule has 5 nitrogen and oxygen atoms in total. The van der Waals surface area contributed by atoms with Crippen LogP contribution in [-0.2, 0) is 4.79 Å². The van der Waals surface area contributed by atoms with E-state index >= 15 is 0 Å². The number of halogens is 1. The number of carbonyl (C=O) groups excluding carboxylic acids is 1. The lowest BCUT2D eigenvalue weighted by molar-refractivity contribution is -0.116. The fourth-order valence-electron chi connectivity index (χ4n) is 3.10. The van der Waals surface area contributed by atoms with Crippen LogP contribution in [0.4, 0.5) is 0 Å². The molecule has 154 valence electrons. The number of para-hydroxylation sites is 1. The van der Waals surface area contributed by atoms with Crippen molar-refractivity contribution in [3.05, 3.63) is 81.9 Å². The first-order chi connectivity index (χ1) is 15.1. The van der Waals surface area contributed by atoms with Gasteiger partial charge in [-0.3, -0.25) is 9.36 Å². The molecule has 0 aliphatic rings. The number of carbonyl (C=O) groups is 1. The Bertz CT molecular complexity index is 1260. The third-order valence-corrected chi connectivity index (χ3v) is 6.89. The Kier molecular flexibility index (Phi) is 6.52. The summed E-state index contributed by atoms with van der Waals surface area (Å²) in [5.41, 5.74) is 3.45. The minimum absolute atomic E-state index is 0.104. The first-order valence-corrected chi connectivity index (χ1v) is 11.7. The summed E-state index contributed by atoms with van der Waals surface area (Å²) in [7, 11) is 0. The Labute approximate surface area is 193 Å².